The highest BCUT2D eigenvalue weighted by molar-refractivity contribution is 9.10. The van der Waals surface area contributed by atoms with E-state index in [4.69, 9.17) is 4.74 Å². The summed E-state index contributed by atoms with van der Waals surface area (Å²) >= 11 is 3.40. The molecule has 2 nitrogen and oxygen atoms in total. The van der Waals surface area contributed by atoms with Crippen LogP contribution < -0.4 is 10.1 Å². The number of hydrogen-bond acceptors (Lipinski definition) is 2. The van der Waals surface area contributed by atoms with E-state index in [9.17, 15) is 4.39 Å². The summed E-state index contributed by atoms with van der Waals surface area (Å²) in [6.07, 6.45) is 0. The maximum Gasteiger partial charge on any atom is 0.142 e. The smallest absolute Gasteiger partial charge is 0.142 e. The minimum absolute atomic E-state index is 0.0292. The zero-order chi connectivity index (χ0) is 14.7. The van der Waals surface area contributed by atoms with Crippen LogP contribution in [0.4, 0.5) is 10.1 Å². The molecule has 0 saturated heterocycles. The van der Waals surface area contributed by atoms with Gasteiger partial charge in [-0.25, -0.2) is 4.39 Å². The third-order valence-corrected chi connectivity index (χ3v) is 3.84. The molecule has 20 heavy (non-hydrogen) atoms. The molecule has 1 unspecified atom stereocenters. The van der Waals surface area contributed by atoms with Gasteiger partial charge in [-0.05, 0) is 49.2 Å². The van der Waals surface area contributed by atoms with Gasteiger partial charge in [0.2, 0.25) is 0 Å². The Kier molecular flexibility index (Phi) is 4.65. The molecule has 0 radical (unpaired) electrons. The van der Waals surface area contributed by atoms with Crippen LogP contribution in [0.5, 0.6) is 5.75 Å². The number of nitrogens with one attached hydrogen (secondary N) is 1. The minimum atomic E-state index is -0.249. The van der Waals surface area contributed by atoms with E-state index in [-0.39, 0.29) is 11.9 Å². The van der Waals surface area contributed by atoms with E-state index in [2.05, 4.69) is 21.2 Å². The lowest BCUT2D eigenvalue weighted by molar-refractivity contribution is 0.416. The van der Waals surface area contributed by atoms with E-state index < -0.39 is 0 Å². The van der Waals surface area contributed by atoms with Crippen molar-refractivity contribution >= 4 is 21.6 Å². The molecule has 1 atom stereocenters. The number of benzene rings is 2. The lowest BCUT2D eigenvalue weighted by Gasteiger charge is -2.19. The van der Waals surface area contributed by atoms with Gasteiger partial charge in [0.25, 0.3) is 0 Å². The van der Waals surface area contributed by atoms with Crippen molar-refractivity contribution in [3.05, 3.63) is 57.8 Å². The third kappa shape index (κ3) is 3.31. The third-order valence-electron chi connectivity index (χ3n) is 3.16. The van der Waals surface area contributed by atoms with Gasteiger partial charge in [-0.2, -0.15) is 0 Å². The van der Waals surface area contributed by atoms with E-state index in [0.717, 1.165) is 27.0 Å². The average molecular weight is 338 g/mol. The van der Waals surface area contributed by atoms with E-state index in [1.54, 1.807) is 13.2 Å². The Morgan fingerprint density at radius 3 is 2.60 bits per heavy atom. The molecule has 0 aliphatic heterocycles. The van der Waals surface area contributed by atoms with Crippen LogP contribution in [-0.4, -0.2) is 7.11 Å². The summed E-state index contributed by atoms with van der Waals surface area (Å²) in [6.45, 7) is 4.05. The largest absolute Gasteiger partial charge is 0.495 e. The molecule has 0 aromatic heterocycles. The summed E-state index contributed by atoms with van der Waals surface area (Å²) in [7, 11) is 1.65. The molecule has 0 aliphatic rings. The van der Waals surface area contributed by atoms with Gasteiger partial charge < -0.3 is 10.1 Å². The molecule has 0 heterocycles. The summed E-state index contributed by atoms with van der Waals surface area (Å²) in [6, 6.07) is 10.7. The standard InChI is InChI=1S/C16H17BrFNO/c1-10-4-7-15(16(8-10)20-3)19-11(2)13-6-5-12(18)9-14(13)17/h4-9,11,19H,1-3H3. The van der Waals surface area contributed by atoms with Crippen LogP contribution in [0.1, 0.15) is 24.1 Å². The van der Waals surface area contributed by atoms with Gasteiger partial charge in [0.15, 0.2) is 0 Å². The van der Waals surface area contributed by atoms with Crippen molar-refractivity contribution in [1.29, 1.82) is 0 Å². The molecule has 106 valence electrons. The lowest BCUT2D eigenvalue weighted by atomic mass is 10.1. The monoisotopic (exact) mass is 337 g/mol. The Morgan fingerprint density at radius 1 is 1.20 bits per heavy atom. The van der Waals surface area contributed by atoms with Crippen LogP contribution in [0.15, 0.2) is 40.9 Å². The maximum atomic E-state index is 13.1. The van der Waals surface area contributed by atoms with Crippen molar-refractivity contribution in [2.45, 2.75) is 19.9 Å². The molecule has 0 amide bonds. The fourth-order valence-electron chi connectivity index (χ4n) is 2.08. The lowest BCUT2D eigenvalue weighted by Crippen LogP contribution is -2.08. The number of halogens is 2. The van der Waals surface area contributed by atoms with Crippen LogP contribution in [0.2, 0.25) is 0 Å². The summed E-state index contributed by atoms with van der Waals surface area (Å²) in [5, 5.41) is 3.39. The van der Waals surface area contributed by atoms with Crippen molar-refractivity contribution in [2.24, 2.45) is 0 Å². The number of hydrogen-bond donors (Lipinski definition) is 1. The Labute approximate surface area is 127 Å². The predicted molar refractivity (Wildman–Crippen MR) is 83.9 cm³/mol. The van der Waals surface area contributed by atoms with Gasteiger partial charge in [-0.1, -0.05) is 28.1 Å². The van der Waals surface area contributed by atoms with Gasteiger partial charge in [0, 0.05) is 10.5 Å². The van der Waals surface area contributed by atoms with Crippen LogP contribution >= 0.6 is 15.9 Å². The highest BCUT2D eigenvalue weighted by atomic mass is 79.9. The van der Waals surface area contributed by atoms with Gasteiger partial charge in [-0.15, -0.1) is 0 Å². The van der Waals surface area contributed by atoms with E-state index in [1.807, 2.05) is 32.0 Å². The summed E-state index contributed by atoms with van der Waals surface area (Å²) in [5.74, 6) is 0.552. The predicted octanol–water partition coefficient (Wildman–Crippen LogP) is 5.08. The number of anilines is 1. The molecule has 4 heteroatoms. The second-order valence-corrected chi connectivity index (χ2v) is 5.59. The Morgan fingerprint density at radius 2 is 1.95 bits per heavy atom. The summed E-state index contributed by atoms with van der Waals surface area (Å²) in [5.41, 5.74) is 3.05. The van der Waals surface area contributed by atoms with Crippen LogP contribution in [-0.2, 0) is 0 Å². The van der Waals surface area contributed by atoms with Crippen molar-refractivity contribution < 1.29 is 9.13 Å². The molecule has 0 fully saturated rings. The van der Waals surface area contributed by atoms with Gasteiger partial charge in [-0.3, -0.25) is 0 Å². The topological polar surface area (TPSA) is 21.3 Å². The first-order valence-electron chi connectivity index (χ1n) is 6.37. The molecule has 2 aromatic carbocycles. The van der Waals surface area contributed by atoms with Gasteiger partial charge >= 0.3 is 0 Å². The maximum absolute atomic E-state index is 13.1. The zero-order valence-corrected chi connectivity index (χ0v) is 13.3. The van der Waals surface area contributed by atoms with Crippen molar-refractivity contribution in [1.82, 2.24) is 0 Å². The Balaban J connectivity index is 2.25. The Hall–Kier alpha value is -1.55. The average Bonchev–Trinajstić information content (AvgIpc) is 2.40. The molecule has 1 N–H and O–H groups in total. The number of rotatable bonds is 4. The summed E-state index contributed by atoms with van der Waals surface area (Å²) in [4.78, 5) is 0. The highest BCUT2D eigenvalue weighted by Gasteiger charge is 2.12. The zero-order valence-electron chi connectivity index (χ0n) is 11.7. The molecular formula is C16H17BrFNO. The minimum Gasteiger partial charge on any atom is -0.495 e. The highest BCUT2D eigenvalue weighted by Crippen LogP contribution is 2.31. The molecular weight excluding hydrogens is 321 g/mol. The molecule has 0 bridgehead atoms. The van der Waals surface area contributed by atoms with Crippen LogP contribution in [0, 0.1) is 12.7 Å². The SMILES string of the molecule is COc1cc(C)ccc1NC(C)c1ccc(F)cc1Br. The Bertz CT molecular complexity index is 615. The van der Waals surface area contributed by atoms with Gasteiger partial charge in [0.05, 0.1) is 12.8 Å². The number of methoxy groups -OCH3 is 1. The van der Waals surface area contributed by atoms with E-state index in [0.29, 0.717) is 0 Å². The normalized spacial score (nSPS) is 12.1. The first-order chi connectivity index (χ1) is 9.51. The van der Waals surface area contributed by atoms with E-state index >= 15 is 0 Å². The van der Waals surface area contributed by atoms with E-state index in [1.165, 1.54) is 12.1 Å². The fraction of sp³-hybridized carbons (Fsp3) is 0.250. The quantitative estimate of drug-likeness (QED) is 0.840. The first kappa shape index (κ1) is 14.9. The first-order valence-corrected chi connectivity index (χ1v) is 7.16. The van der Waals surface area contributed by atoms with Crippen molar-refractivity contribution in [2.75, 3.05) is 12.4 Å². The molecule has 2 aromatic rings. The second-order valence-electron chi connectivity index (χ2n) is 4.74. The number of aryl methyl sites for hydroxylation is 1. The van der Waals surface area contributed by atoms with Crippen molar-refractivity contribution in [3.63, 3.8) is 0 Å². The number of ether oxygens (including phenoxy) is 1. The van der Waals surface area contributed by atoms with Crippen LogP contribution in [0.3, 0.4) is 0 Å². The molecule has 0 spiro atoms. The summed E-state index contributed by atoms with van der Waals surface area (Å²) < 4.78 is 19.3. The fourth-order valence-corrected chi connectivity index (χ4v) is 2.78. The van der Waals surface area contributed by atoms with Gasteiger partial charge in [0.1, 0.15) is 11.6 Å². The van der Waals surface area contributed by atoms with Crippen LogP contribution in [0.25, 0.3) is 0 Å². The molecule has 0 aliphatic carbocycles. The molecule has 0 saturated carbocycles. The van der Waals surface area contributed by atoms with Crippen molar-refractivity contribution in [3.8, 4) is 5.75 Å². The second kappa shape index (κ2) is 6.27. The molecule has 2 rings (SSSR count).